The van der Waals surface area contributed by atoms with Gasteiger partial charge >= 0.3 is 0 Å². The Balaban J connectivity index is 1.79. The molecule has 0 atom stereocenters. The Hall–Kier alpha value is -2.32. The minimum absolute atomic E-state index is 0.585. The molecule has 0 spiro atoms. The standard InChI is InChI=1S/C17H25N7O/c1-12-9-21-13(10-20-12)11-22-16-14-3-5-18-6-4-15(14)23-17(24-16)19-7-8-25-2/h9-10,18H,3-8,11H2,1-2H3,(H2,19,22,23,24). The van der Waals surface area contributed by atoms with Crippen LogP contribution in [0.15, 0.2) is 12.4 Å². The first kappa shape index (κ1) is 17.5. The Kier molecular flexibility index (Phi) is 6.08. The second-order valence-corrected chi connectivity index (χ2v) is 5.99. The molecule has 0 unspecified atom stereocenters. The Labute approximate surface area is 147 Å². The maximum absolute atomic E-state index is 5.08. The van der Waals surface area contributed by atoms with Crippen molar-refractivity contribution >= 4 is 11.8 Å². The number of methoxy groups -OCH3 is 1. The van der Waals surface area contributed by atoms with Gasteiger partial charge in [0.1, 0.15) is 5.82 Å². The second kappa shape index (κ2) is 8.68. The summed E-state index contributed by atoms with van der Waals surface area (Å²) >= 11 is 0. The predicted octanol–water partition coefficient (Wildman–Crippen LogP) is 0.934. The largest absolute Gasteiger partial charge is 0.383 e. The summed E-state index contributed by atoms with van der Waals surface area (Å²) < 4.78 is 5.08. The zero-order valence-corrected chi connectivity index (χ0v) is 14.8. The number of nitrogens with zero attached hydrogens (tertiary/aromatic N) is 4. The number of hydrogen-bond acceptors (Lipinski definition) is 8. The lowest BCUT2D eigenvalue weighted by atomic mass is 10.1. The molecule has 0 aromatic carbocycles. The number of fused-ring (bicyclic) bond motifs is 1. The van der Waals surface area contributed by atoms with Crippen molar-refractivity contribution in [3.05, 3.63) is 35.0 Å². The number of nitrogens with one attached hydrogen (secondary N) is 3. The molecule has 0 saturated carbocycles. The van der Waals surface area contributed by atoms with Gasteiger partial charge in [0.15, 0.2) is 0 Å². The third kappa shape index (κ3) is 4.83. The quantitative estimate of drug-likeness (QED) is 0.639. The van der Waals surface area contributed by atoms with Gasteiger partial charge in [-0.05, 0) is 19.9 Å². The molecule has 0 saturated heterocycles. The summed E-state index contributed by atoms with van der Waals surface area (Å²) in [4.78, 5) is 18.0. The van der Waals surface area contributed by atoms with E-state index in [2.05, 4.69) is 35.9 Å². The predicted molar refractivity (Wildman–Crippen MR) is 96.8 cm³/mol. The highest BCUT2D eigenvalue weighted by Crippen LogP contribution is 2.22. The summed E-state index contributed by atoms with van der Waals surface area (Å²) in [5.41, 5.74) is 4.08. The molecular formula is C17H25N7O. The second-order valence-electron chi connectivity index (χ2n) is 5.99. The van der Waals surface area contributed by atoms with Crippen molar-refractivity contribution in [2.24, 2.45) is 0 Å². The van der Waals surface area contributed by atoms with Crippen molar-refractivity contribution in [1.29, 1.82) is 0 Å². The average Bonchev–Trinajstić information content (AvgIpc) is 2.87. The molecule has 0 aliphatic carbocycles. The Morgan fingerprint density at radius 1 is 1.12 bits per heavy atom. The molecule has 134 valence electrons. The molecule has 2 aromatic rings. The van der Waals surface area contributed by atoms with Crippen LogP contribution in [0.1, 0.15) is 22.6 Å². The molecule has 8 nitrogen and oxygen atoms in total. The highest BCUT2D eigenvalue weighted by Gasteiger charge is 2.16. The van der Waals surface area contributed by atoms with Crippen molar-refractivity contribution in [3.63, 3.8) is 0 Å². The fraction of sp³-hybridized carbons (Fsp3) is 0.529. The minimum Gasteiger partial charge on any atom is -0.383 e. The lowest BCUT2D eigenvalue weighted by Gasteiger charge is -2.15. The summed E-state index contributed by atoms with van der Waals surface area (Å²) in [6, 6.07) is 0. The van der Waals surface area contributed by atoms with Gasteiger partial charge in [0.25, 0.3) is 0 Å². The maximum Gasteiger partial charge on any atom is 0.224 e. The first-order valence-corrected chi connectivity index (χ1v) is 8.61. The summed E-state index contributed by atoms with van der Waals surface area (Å²) in [6.45, 7) is 5.68. The van der Waals surface area contributed by atoms with Gasteiger partial charge in [-0.2, -0.15) is 4.98 Å². The highest BCUT2D eigenvalue weighted by atomic mass is 16.5. The molecule has 0 fully saturated rings. The summed E-state index contributed by atoms with van der Waals surface area (Å²) in [6.07, 6.45) is 5.38. The third-order valence-corrected chi connectivity index (χ3v) is 4.04. The Morgan fingerprint density at radius 3 is 2.80 bits per heavy atom. The molecule has 0 amide bonds. The number of aryl methyl sites for hydroxylation is 1. The van der Waals surface area contributed by atoms with Crippen LogP contribution in [0.2, 0.25) is 0 Å². The van der Waals surface area contributed by atoms with E-state index in [1.807, 2.05) is 6.92 Å². The number of hydrogen-bond donors (Lipinski definition) is 3. The molecule has 8 heteroatoms. The molecule has 1 aliphatic rings. The lowest BCUT2D eigenvalue weighted by Crippen LogP contribution is -2.16. The number of ether oxygens (including phenoxy) is 1. The van der Waals surface area contributed by atoms with Gasteiger partial charge in [0, 0.05) is 38.4 Å². The molecule has 0 bridgehead atoms. The van der Waals surface area contributed by atoms with E-state index in [-0.39, 0.29) is 0 Å². The number of rotatable bonds is 7. The van der Waals surface area contributed by atoms with Crippen LogP contribution in [0.4, 0.5) is 11.8 Å². The van der Waals surface area contributed by atoms with Gasteiger partial charge < -0.3 is 20.7 Å². The zero-order valence-electron chi connectivity index (χ0n) is 14.8. The van der Waals surface area contributed by atoms with Crippen LogP contribution in [-0.4, -0.2) is 53.3 Å². The van der Waals surface area contributed by atoms with Crippen molar-refractivity contribution in [2.45, 2.75) is 26.3 Å². The van der Waals surface area contributed by atoms with E-state index >= 15 is 0 Å². The SMILES string of the molecule is COCCNc1nc2c(c(NCc3cnc(C)cn3)n1)CCNCC2. The van der Waals surface area contributed by atoms with E-state index < -0.39 is 0 Å². The summed E-state index contributed by atoms with van der Waals surface area (Å²) in [7, 11) is 1.68. The Morgan fingerprint density at radius 2 is 2.00 bits per heavy atom. The fourth-order valence-electron chi connectivity index (χ4n) is 2.72. The van der Waals surface area contributed by atoms with Crippen molar-refractivity contribution in [2.75, 3.05) is 44.0 Å². The first-order chi connectivity index (χ1) is 12.3. The van der Waals surface area contributed by atoms with E-state index in [0.717, 1.165) is 48.8 Å². The van der Waals surface area contributed by atoms with E-state index in [1.165, 1.54) is 5.56 Å². The number of aromatic nitrogens is 4. The number of anilines is 2. The van der Waals surface area contributed by atoms with Gasteiger partial charge in [-0.15, -0.1) is 0 Å². The van der Waals surface area contributed by atoms with E-state index in [0.29, 0.717) is 25.6 Å². The normalized spacial score (nSPS) is 13.8. The fourth-order valence-corrected chi connectivity index (χ4v) is 2.72. The third-order valence-electron chi connectivity index (χ3n) is 4.04. The minimum atomic E-state index is 0.585. The molecule has 25 heavy (non-hydrogen) atoms. The van der Waals surface area contributed by atoms with Crippen LogP contribution in [0.3, 0.4) is 0 Å². The molecule has 3 rings (SSSR count). The molecular weight excluding hydrogens is 318 g/mol. The Bertz CT molecular complexity index is 690. The maximum atomic E-state index is 5.08. The lowest BCUT2D eigenvalue weighted by molar-refractivity contribution is 0.210. The van der Waals surface area contributed by atoms with Crippen molar-refractivity contribution in [1.82, 2.24) is 25.3 Å². The van der Waals surface area contributed by atoms with Crippen LogP contribution in [0, 0.1) is 6.92 Å². The van der Waals surface area contributed by atoms with Gasteiger partial charge in [-0.1, -0.05) is 0 Å². The molecule has 3 heterocycles. The summed E-state index contributed by atoms with van der Waals surface area (Å²) in [5, 5.41) is 10.1. The zero-order chi connectivity index (χ0) is 17.5. The van der Waals surface area contributed by atoms with Crippen LogP contribution in [0.5, 0.6) is 0 Å². The molecule has 1 aliphatic heterocycles. The average molecular weight is 343 g/mol. The topological polar surface area (TPSA) is 96.9 Å². The first-order valence-electron chi connectivity index (χ1n) is 8.61. The molecule has 0 radical (unpaired) electrons. The van der Waals surface area contributed by atoms with Crippen LogP contribution < -0.4 is 16.0 Å². The van der Waals surface area contributed by atoms with E-state index in [4.69, 9.17) is 4.74 Å². The van der Waals surface area contributed by atoms with Gasteiger partial charge in [0.2, 0.25) is 5.95 Å². The van der Waals surface area contributed by atoms with Gasteiger partial charge in [-0.3, -0.25) is 9.97 Å². The van der Waals surface area contributed by atoms with Gasteiger partial charge in [-0.25, -0.2) is 4.98 Å². The smallest absolute Gasteiger partial charge is 0.224 e. The highest BCUT2D eigenvalue weighted by molar-refractivity contribution is 5.51. The van der Waals surface area contributed by atoms with E-state index in [1.54, 1.807) is 19.5 Å². The van der Waals surface area contributed by atoms with E-state index in [9.17, 15) is 0 Å². The summed E-state index contributed by atoms with van der Waals surface area (Å²) in [5.74, 6) is 1.51. The van der Waals surface area contributed by atoms with Gasteiger partial charge in [0.05, 0.1) is 36.4 Å². The van der Waals surface area contributed by atoms with Crippen LogP contribution in [0.25, 0.3) is 0 Å². The van der Waals surface area contributed by atoms with Crippen LogP contribution in [-0.2, 0) is 24.1 Å². The monoisotopic (exact) mass is 343 g/mol. The van der Waals surface area contributed by atoms with Crippen molar-refractivity contribution < 1.29 is 4.74 Å². The van der Waals surface area contributed by atoms with Crippen molar-refractivity contribution in [3.8, 4) is 0 Å². The van der Waals surface area contributed by atoms with Crippen LogP contribution >= 0.6 is 0 Å². The molecule has 3 N–H and O–H groups in total. The molecule has 2 aromatic heterocycles.